The Hall–Kier alpha value is -3.31. The molecule has 0 spiro atoms. The SMILES string of the molecule is Cc1cc(C)c2c(c1)C=C(C(=O)OC(C)OC(=O)CCO[N+](=O)[O-])C(C(F)(F)F)O2. The normalized spacial score (nSPS) is 16.5. The molecule has 0 N–H and O–H groups in total. The number of carbonyl (C=O) groups is 2. The van der Waals surface area contributed by atoms with Gasteiger partial charge in [0, 0.05) is 12.5 Å². The minimum absolute atomic E-state index is 0.00439. The fourth-order valence-electron chi connectivity index (χ4n) is 2.78. The molecular formula is C18H18F3NO8. The van der Waals surface area contributed by atoms with E-state index in [-0.39, 0.29) is 11.3 Å². The van der Waals surface area contributed by atoms with Crippen molar-refractivity contribution >= 4 is 18.0 Å². The van der Waals surface area contributed by atoms with Crippen molar-refractivity contribution in [2.45, 2.75) is 45.8 Å². The topological polar surface area (TPSA) is 114 Å². The van der Waals surface area contributed by atoms with Gasteiger partial charge in [0.05, 0.1) is 12.0 Å². The Balaban J connectivity index is 2.15. The third-order valence-corrected chi connectivity index (χ3v) is 3.88. The second-order valence-corrected chi connectivity index (χ2v) is 6.41. The maximum Gasteiger partial charge on any atom is 0.430 e. The van der Waals surface area contributed by atoms with Gasteiger partial charge < -0.3 is 19.0 Å². The molecule has 1 aromatic carbocycles. The Morgan fingerprint density at radius 1 is 1.27 bits per heavy atom. The molecule has 0 bridgehead atoms. The summed E-state index contributed by atoms with van der Waals surface area (Å²) >= 11 is 0. The van der Waals surface area contributed by atoms with E-state index in [9.17, 15) is 32.9 Å². The highest BCUT2D eigenvalue weighted by Crippen LogP contribution is 2.39. The summed E-state index contributed by atoms with van der Waals surface area (Å²) in [6.07, 6.45) is -8.50. The number of rotatable bonds is 7. The summed E-state index contributed by atoms with van der Waals surface area (Å²) < 4.78 is 55.0. The number of ether oxygens (including phenoxy) is 3. The van der Waals surface area contributed by atoms with Crippen LogP contribution in [0, 0.1) is 24.0 Å². The van der Waals surface area contributed by atoms with Crippen LogP contribution in [0.25, 0.3) is 6.08 Å². The molecule has 164 valence electrons. The zero-order valence-electron chi connectivity index (χ0n) is 16.1. The Kier molecular flexibility index (Phi) is 6.90. The fourth-order valence-corrected chi connectivity index (χ4v) is 2.78. The lowest BCUT2D eigenvalue weighted by Crippen LogP contribution is -2.41. The lowest BCUT2D eigenvalue weighted by molar-refractivity contribution is -0.757. The molecular weight excluding hydrogens is 415 g/mol. The van der Waals surface area contributed by atoms with Gasteiger partial charge in [-0.25, -0.2) is 4.79 Å². The Morgan fingerprint density at radius 3 is 2.53 bits per heavy atom. The summed E-state index contributed by atoms with van der Waals surface area (Å²) in [5, 5.41) is 8.91. The largest absolute Gasteiger partial charge is 0.475 e. The second-order valence-electron chi connectivity index (χ2n) is 6.41. The van der Waals surface area contributed by atoms with Gasteiger partial charge in [-0.1, -0.05) is 11.6 Å². The highest BCUT2D eigenvalue weighted by Gasteiger charge is 2.49. The number of halogens is 3. The average Bonchev–Trinajstić information content (AvgIpc) is 2.59. The number of carbonyl (C=O) groups excluding carboxylic acids is 2. The van der Waals surface area contributed by atoms with E-state index in [1.165, 1.54) is 0 Å². The van der Waals surface area contributed by atoms with Crippen LogP contribution < -0.4 is 4.74 Å². The average molecular weight is 433 g/mol. The Morgan fingerprint density at radius 2 is 1.93 bits per heavy atom. The molecule has 12 heteroatoms. The summed E-state index contributed by atoms with van der Waals surface area (Å²) in [5.74, 6) is -2.39. The zero-order chi connectivity index (χ0) is 22.6. The predicted molar refractivity (Wildman–Crippen MR) is 93.6 cm³/mol. The van der Waals surface area contributed by atoms with Crippen LogP contribution >= 0.6 is 0 Å². The van der Waals surface area contributed by atoms with Gasteiger partial charge >= 0.3 is 18.1 Å². The van der Waals surface area contributed by atoms with Crippen molar-refractivity contribution in [2.75, 3.05) is 6.61 Å². The van der Waals surface area contributed by atoms with E-state index in [0.29, 0.717) is 5.56 Å². The molecule has 2 atom stereocenters. The Bertz CT molecular complexity index is 881. The summed E-state index contributed by atoms with van der Waals surface area (Å²) in [7, 11) is 0. The van der Waals surface area contributed by atoms with Crippen molar-refractivity contribution < 1.29 is 46.9 Å². The number of hydrogen-bond donors (Lipinski definition) is 0. The van der Waals surface area contributed by atoms with Crippen LogP contribution in [0.4, 0.5) is 13.2 Å². The first-order chi connectivity index (χ1) is 13.9. The maximum absolute atomic E-state index is 13.5. The van der Waals surface area contributed by atoms with Crippen LogP contribution in [0.15, 0.2) is 17.7 Å². The molecule has 2 unspecified atom stereocenters. The van der Waals surface area contributed by atoms with Crippen molar-refractivity contribution in [3.63, 3.8) is 0 Å². The van der Waals surface area contributed by atoms with Gasteiger partial charge in [0.15, 0.2) is 0 Å². The van der Waals surface area contributed by atoms with Crippen LogP contribution in [-0.4, -0.2) is 42.2 Å². The number of aryl methyl sites for hydroxylation is 2. The molecule has 1 aliphatic heterocycles. The monoisotopic (exact) mass is 433 g/mol. The van der Waals surface area contributed by atoms with Gasteiger partial charge in [0.1, 0.15) is 12.4 Å². The molecule has 0 fully saturated rings. The van der Waals surface area contributed by atoms with E-state index < -0.39 is 54.2 Å². The molecule has 1 aliphatic rings. The van der Waals surface area contributed by atoms with Gasteiger partial charge in [-0.05, 0) is 31.6 Å². The third-order valence-electron chi connectivity index (χ3n) is 3.88. The summed E-state index contributed by atoms with van der Waals surface area (Å²) in [4.78, 5) is 37.8. The molecule has 0 amide bonds. The number of benzene rings is 1. The molecule has 0 saturated heterocycles. The predicted octanol–water partition coefficient (Wildman–Crippen LogP) is 3.04. The first-order valence-corrected chi connectivity index (χ1v) is 8.62. The van der Waals surface area contributed by atoms with Crippen molar-refractivity contribution in [3.8, 4) is 5.75 Å². The quantitative estimate of drug-likeness (QED) is 0.279. The number of nitrogens with zero attached hydrogens (tertiary/aromatic N) is 1. The third kappa shape index (κ3) is 5.84. The van der Waals surface area contributed by atoms with Crippen LogP contribution in [-0.2, 0) is 23.9 Å². The second kappa shape index (κ2) is 9.01. The summed E-state index contributed by atoms with van der Waals surface area (Å²) in [6, 6.07) is 3.20. The van der Waals surface area contributed by atoms with E-state index in [4.69, 9.17) is 9.47 Å². The first kappa shape index (κ1) is 23.0. The molecule has 0 aromatic heterocycles. The number of esters is 2. The highest BCUT2D eigenvalue weighted by molar-refractivity contribution is 5.96. The molecule has 0 aliphatic carbocycles. The maximum atomic E-state index is 13.5. The molecule has 1 heterocycles. The van der Waals surface area contributed by atoms with Crippen LogP contribution in [0.1, 0.15) is 30.0 Å². The summed E-state index contributed by atoms with van der Waals surface area (Å²) in [6.45, 7) is 3.84. The number of alkyl halides is 3. The summed E-state index contributed by atoms with van der Waals surface area (Å²) in [5.41, 5.74) is 0.701. The van der Waals surface area contributed by atoms with Gasteiger partial charge in [-0.3, -0.25) is 4.79 Å². The highest BCUT2D eigenvalue weighted by atomic mass is 19.4. The smallest absolute Gasteiger partial charge is 0.430 e. The molecule has 2 rings (SSSR count). The van der Waals surface area contributed by atoms with Crippen molar-refractivity contribution in [1.29, 1.82) is 0 Å². The first-order valence-electron chi connectivity index (χ1n) is 8.62. The molecule has 1 aromatic rings. The molecule has 0 radical (unpaired) electrons. The minimum Gasteiger partial charge on any atom is -0.475 e. The molecule has 9 nitrogen and oxygen atoms in total. The van der Waals surface area contributed by atoms with Crippen molar-refractivity contribution in [1.82, 2.24) is 0 Å². The van der Waals surface area contributed by atoms with Gasteiger partial charge in [-0.2, -0.15) is 13.2 Å². The van der Waals surface area contributed by atoms with Crippen LogP contribution in [0.3, 0.4) is 0 Å². The van der Waals surface area contributed by atoms with Crippen molar-refractivity contribution in [3.05, 3.63) is 44.5 Å². The Labute approximate surface area is 168 Å². The molecule has 30 heavy (non-hydrogen) atoms. The van der Waals surface area contributed by atoms with Crippen LogP contribution in [0.2, 0.25) is 0 Å². The fraction of sp³-hybridized carbons (Fsp3) is 0.444. The minimum atomic E-state index is -4.90. The standard InChI is InChI=1S/C18H18F3NO8/c1-9-6-10(2)15-12(7-9)8-13(16(30-15)18(19,20)21)17(24)29-11(3)28-14(23)4-5-27-22(25)26/h6-8,11,16H,4-5H2,1-3H3. The van der Waals surface area contributed by atoms with Crippen LogP contribution in [0.5, 0.6) is 5.75 Å². The lowest BCUT2D eigenvalue weighted by atomic mass is 9.97. The number of fused-ring (bicyclic) bond motifs is 1. The van der Waals surface area contributed by atoms with E-state index >= 15 is 0 Å². The van der Waals surface area contributed by atoms with E-state index in [0.717, 1.165) is 18.6 Å². The van der Waals surface area contributed by atoms with E-state index in [1.54, 1.807) is 26.0 Å². The van der Waals surface area contributed by atoms with Crippen molar-refractivity contribution in [2.24, 2.45) is 0 Å². The zero-order valence-corrected chi connectivity index (χ0v) is 16.1. The number of hydrogen-bond acceptors (Lipinski definition) is 8. The van der Waals surface area contributed by atoms with E-state index in [1.807, 2.05) is 0 Å². The van der Waals surface area contributed by atoms with E-state index in [2.05, 4.69) is 9.57 Å². The van der Waals surface area contributed by atoms with Gasteiger partial charge in [0.25, 0.3) is 5.09 Å². The van der Waals surface area contributed by atoms with Gasteiger partial charge in [-0.15, -0.1) is 10.1 Å². The van der Waals surface area contributed by atoms with Gasteiger partial charge in [0.2, 0.25) is 12.4 Å². The molecule has 0 saturated carbocycles. The lowest BCUT2D eigenvalue weighted by Gasteiger charge is -2.29.